The van der Waals surface area contributed by atoms with Crippen LogP contribution in [0.15, 0.2) is 28.9 Å². The van der Waals surface area contributed by atoms with Crippen LogP contribution in [-0.2, 0) is 6.54 Å². The first-order valence-corrected chi connectivity index (χ1v) is 3.70. The van der Waals surface area contributed by atoms with Crippen LogP contribution in [0.5, 0.6) is 5.75 Å². The van der Waals surface area contributed by atoms with Crippen molar-refractivity contribution in [1.82, 2.24) is 0 Å². The molecule has 0 aliphatic rings. The molecular formula is C9H9NO2. The zero-order chi connectivity index (χ0) is 8.55. The van der Waals surface area contributed by atoms with Gasteiger partial charge in [0.25, 0.3) is 0 Å². The highest BCUT2D eigenvalue weighted by atomic mass is 16.3. The van der Waals surface area contributed by atoms with Crippen LogP contribution in [0.1, 0.15) is 5.56 Å². The van der Waals surface area contributed by atoms with Gasteiger partial charge >= 0.3 is 0 Å². The fourth-order valence-corrected chi connectivity index (χ4v) is 1.20. The number of hydrogen-bond donors (Lipinski definition) is 2. The van der Waals surface area contributed by atoms with Crippen LogP contribution in [0.25, 0.3) is 11.0 Å². The molecule has 2 aromatic rings. The second-order valence-electron chi connectivity index (χ2n) is 2.64. The summed E-state index contributed by atoms with van der Waals surface area (Å²) in [4.78, 5) is 0. The molecule has 0 aliphatic carbocycles. The fourth-order valence-electron chi connectivity index (χ4n) is 1.20. The van der Waals surface area contributed by atoms with E-state index < -0.39 is 0 Å². The number of aromatic hydroxyl groups is 1. The second kappa shape index (κ2) is 2.53. The van der Waals surface area contributed by atoms with Gasteiger partial charge in [-0.2, -0.15) is 0 Å². The van der Waals surface area contributed by atoms with Crippen LogP contribution in [0.3, 0.4) is 0 Å². The van der Waals surface area contributed by atoms with Gasteiger partial charge in [-0.1, -0.05) is 0 Å². The maximum atomic E-state index is 9.41. The lowest BCUT2D eigenvalue weighted by atomic mass is 10.1. The largest absolute Gasteiger partial charge is 0.508 e. The van der Waals surface area contributed by atoms with Crippen LogP contribution in [-0.4, -0.2) is 5.11 Å². The van der Waals surface area contributed by atoms with E-state index in [1.165, 1.54) is 0 Å². The lowest BCUT2D eigenvalue weighted by Gasteiger charge is -1.99. The standard InChI is InChI=1S/C9H9NO2/c10-5-7-4-9-6(1-2-12-9)3-8(7)11/h1-4,11H,5,10H2. The first-order chi connectivity index (χ1) is 5.81. The monoisotopic (exact) mass is 163 g/mol. The van der Waals surface area contributed by atoms with E-state index in [9.17, 15) is 5.11 Å². The van der Waals surface area contributed by atoms with E-state index >= 15 is 0 Å². The number of furan rings is 1. The Kier molecular flexibility index (Phi) is 1.52. The molecule has 0 unspecified atom stereocenters. The van der Waals surface area contributed by atoms with Crippen molar-refractivity contribution < 1.29 is 9.52 Å². The number of hydrogen-bond acceptors (Lipinski definition) is 3. The molecule has 0 saturated heterocycles. The molecule has 2 rings (SSSR count). The van der Waals surface area contributed by atoms with Gasteiger partial charge in [0.1, 0.15) is 11.3 Å². The summed E-state index contributed by atoms with van der Waals surface area (Å²) in [5.74, 6) is 0.228. The van der Waals surface area contributed by atoms with E-state index in [0.717, 1.165) is 11.0 Å². The Balaban J connectivity index is 2.73. The van der Waals surface area contributed by atoms with Crippen molar-refractivity contribution in [3.8, 4) is 5.75 Å². The van der Waals surface area contributed by atoms with Gasteiger partial charge < -0.3 is 15.3 Å². The average molecular weight is 163 g/mol. The lowest BCUT2D eigenvalue weighted by Crippen LogP contribution is -1.95. The zero-order valence-electron chi connectivity index (χ0n) is 6.45. The van der Waals surface area contributed by atoms with Gasteiger partial charge in [0.15, 0.2) is 0 Å². The van der Waals surface area contributed by atoms with Gasteiger partial charge in [-0.05, 0) is 18.2 Å². The van der Waals surface area contributed by atoms with Gasteiger partial charge in [0, 0.05) is 17.5 Å². The molecule has 12 heavy (non-hydrogen) atoms. The van der Waals surface area contributed by atoms with Gasteiger partial charge in [-0.3, -0.25) is 0 Å². The van der Waals surface area contributed by atoms with Crippen molar-refractivity contribution in [1.29, 1.82) is 0 Å². The van der Waals surface area contributed by atoms with Crippen LogP contribution in [0, 0.1) is 0 Å². The molecule has 62 valence electrons. The Bertz CT molecular complexity index is 406. The average Bonchev–Trinajstić information content (AvgIpc) is 2.49. The van der Waals surface area contributed by atoms with Crippen molar-refractivity contribution in [2.75, 3.05) is 0 Å². The Hall–Kier alpha value is -1.48. The Morgan fingerprint density at radius 3 is 3.00 bits per heavy atom. The lowest BCUT2D eigenvalue weighted by molar-refractivity contribution is 0.469. The predicted molar refractivity (Wildman–Crippen MR) is 45.8 cm³/mol. The molecule has 3 N–H and O–H groups in total. The Morgan fingerprint density at radius 1 is 1.42 bits per heavy atom. The topological polar surface area (TPSA) is 59.4 Å². The van der Waals surface area contributed by atoms with Gasteiger partial charge in [-0.25, -0.2) is 0 Å². The van der Waals surface area contributed by atoms with E-state index in [4.69, 9.17) is 10.2 Å². The minimum atomic E-state index is 0.228. The van der Waals surface area contributed by atoms with Gasteiger partial charge in [-0.15, -0.1) is 0 Å². The quantitative estimate of drug-likeness (QED) is 0.671. The van der Waals surface area contributed by atoms with Gasteiger partial charge in [0.2, 0.25) is 0 Å². The summed E-state index contributed by atoms with van der Waals surface area (Å²) in [7, 11) is 0. The molecule has 0 radical (unpaired) electrons. The zero-order valence-corrected chi connectivity index (χ0v) is 6.45. The van der Waals surface area contributed by atoms with Crippen molar-refractivity contribution in [3.05, 3.63) is 30.0 Å². The number of phenols is 1. The molecule has 0 fully saturated rings. The summed E-state index contributed by atoms with van der Waals surface area (Å²) in [6, 6.07) is 5.21. The van der Waals surface area contributed by atoms with E-state index in [-0.39, 0.29) is 5.75 Å². The maximum absolute atomic E-state index is 9.41. The molecule has 0 spiro atoms. The third-order valence-electron chi connectivity index (χ3n) is 1.87. The Morgan fingerprint density at radius 2 is 2.25 bits per heavy atom. The number of nitrogens with two attached hydrogens (primary N) is 1. The predicted octanol–water partition coefficient (Wildman–Crippen LogP) is 1.60. The van der Waals surface area contributed by atoms with Crippen LogP contribution in [0.2, 0.25) is 0 Å². The molecule has 0 saturated carbocycles. The third kappa shape index (κ3) is 0.950. The minimum Gasteiger partial charge on any atom is -0.508 e. The number of rotatable bonds is 1. The van der Waals surface area contributed by atoms with E-state index in [1.807, 2.05) is 0 Å². The number of benzene rings is 1. The molecule has 0 atom stereocenters. The summed E-state index contributed by atoms with van der Waals surface area (Å²) < 4.78 is 5.15. The first kappa shape index (κ1) is 7.18. The van der Waals surface area contributed by atoms with E-state index in [2.05, 4.69) is 0 Å². The van der Waals surface area contributed by atoms with Crippen molar-refractivity contribution in [2.24, 2.45) is 5.73 Å². The van der Waals surface area contributed by atoms with Crippen LogP contribution < -0.4 is 5.73 Å². The van der Waals surface area contributed by atoms with Crippen molar-refractivity contribution in [3.63, 3.8) is 0 Å². The molecule has 1 heterocycles. The molecule has 3 nitrogen and oxygen atoms in total. The normalized spacial score (nSPS) is 10.8. The molecule has 1 aromatic heterocycles. The highest BCUT2D eigenvalue weighted by molar-refractivity contribution is 5.79. The SMILES string of the molecule is NCc1cc2occc2cc1O. The van der Waals surface area contributed by atoms with Crippen molar-refractivity contribution >= 4 is 11.0 Å². The van der Waals surface area contributed by atoms with Crippen LogP contribution >= 0.6 is 0 Å². The molecular weight excluding hydrogens is 154 g/mol. The summed E-state index contributed by atoms with van der Waals surface area (Å²) in [6.07, 6.45) is 1.59. The number of fused-ring (bicyclic) bond motifs is 1. The second-order valence-corrected chi connectivity index (χ2v) is 2.64. The molecule has 0 bridgehead atoms. The number of phenolic OH excluding ortho intramolecular Hbond substituents is 1. The third-order valence-corrected chi connectivity index (χ3v) is 1.87. The first-order valence-electron chi connectivity index (χ1n) is 3.70. The summed E-state index contributed by atoms with van der Waals surface area (Å²) >= 11 is 0. The van der Waals surface area contributed by atoms with E-state index in [1.54, 1.807) is 24.5 Å². The fraction of sp³-hybridized carbons (Fsp3) is 0.111. The van der Waals surface area contributed by atoms with E-state index in [0.29, 0.717) is 12.1 Å². The molecule has 0 aliphatic heterocycles. The summed E-state index contributed by atoms with van der Waals surface area (Å²) in [6.45, 7) is 0.322. The maximum Gasteiger partial charge on any atom is 0.134 e. The van der Waals surface area contributed by atoms with Crippen LogP contribution in [0.4, 0.5) is 0 Å². The highest BCUT2D eigenvalue weighted by Gasteiger charge is 2.03. The smallest absolute Gasteiger partial charge is 0.134 e. The summed E-state index contributed by atoms with van der Waals surface area (Å²) in [5.41, 5.74) is 6.87. The minimum absolute atomic E-state index is 0.228. The molecule has 0 amide bonds. The summed E-state index contributed by atoms with van der Waals surface area (Å²) in [5, 5.41) is 10.3. The molecule has 1 aromatic carbocycles. The Labute approximate surface area is 69.4 Å². The van der Waals surface area contributed by atoms with Crippen molar-refractivity contribution in [2.45, 2.75) is 6.54 Å². The molecule has 3 heteroatoms. The highest BCUT2D eigenvalue weighted by Crippen LogP contribution is 2.25. The van der Waals surface area contributed by atoms with Gasteiger partial charge in [0.05, 0.1) is 6.26 Å².